The average molecular weight is 268 g/mol. The van der Waals surface area contributed by atoms with Crippen LogP contribution in [0.4, 0.5) is 0 Å². The molecule has 1 atom stereocenters. The van der Waals surface area contributed by atoms with Gasteiger partial charge in [-0.25, -0.2) is 9.13 Å². The fraction of sp³-hybridized carbons (Fsp3) is 0.143. The number of rotatable bonds is 4. The van der Waals surface area contributed by atoms with Gasteiger partial charge < -0.3 is 14.3 Å². The minimum Gasteiger partial charge on any atom is -0.404 e. The van der Waals surface area contributed by atoms with E-state index < -0.39 is 15.6 Å². The Morgan fingerprint density at radius 3 is 2.00 bits per heavy atom. The van der Waals surface area contributed by atoms with Crippen molar-refractivity contribution in [3.8, 4) is 5.75 Å². The van der Waals surface area contributed by atoms with E-state index in [1.807, 2.05) is 0 Å². The third-order valence-electron chi connectivity index (χ3n) is 1.45. The molecule has 0 saturated carbocycles. The van der Waals surface area contributed by atoms with Crippen molar-refractivity contribution in [3.63, 3.8) is 0 Å². The molecule has 1 aromatic rings. The summed E-state index contributed by atoms with van der Waals surface area (Å²) in [6.07, 6.45) is 0. The molecule has 0 bridgehead atoms. The van der Waals surface area contributed by atoms with Crippen molar-refractivity contribution in [3.05, 3.63) is 29.8 Å². The smallest absolute Gasteiger partial charge is 0.404 e. The minimum absolute atomic E-state index is 0.0233. The predicted molar refractivity (Wildman–Crippen MR) is 54.8 cm³/mol. The molecule has 0 spiro atoms. The van der Waals surface area contributed by atoms with Crippen LogP contribution in [0.1, 0.15) is 5.56 Å². The third kappa shape index (κ3) is 4.90. The Balaban J connectivity index is 2.77. The van der Waals surface area contributed by atoms with E-state index >= 15 is 0 Å². The Morgan fingerprint density at radius 1 is 1.06 bits per heavy atom. The van der Waals surface area contributed by atoms with Crippen LogP contribution in [0.2, 0.25) is 0 Å². The summed E-state index contributed by atoms with van der Waals surface area (Å²) in [4.78, 5) is 25.7. The summed E-state index contributed by atoms with van der Waals surface area (Å²) in [5.74, 6) is -0.0233. The third-order valence-corrected chi connectivity index (χ3v) is 3.57. The van der Waals surface area contributed by atoms with Gasteiger partial charge in [-0.05, 0) is 19.1 Å². The lowest BCUT2D eigenvalue weighted by Crippen LogP contribution is -1.95. The summed E-state index contributed by atoms with van der Waals surface area (Å²) < 4.78 is 29.5. The van der Waals surface area contributed by atoms with Crippen molar-refractivity contribution < 1.29 is 32.6 Å². The molecular weight excluding hydrogens is 258 g/mol. The zero-order valence-electron chi connectivity index (χ0n) is 8.18. The second-order valence-corrected chi connectivity index (χ2v) is 5.70. The van der Waals surface area contributed by atoms with E-state index in [1.165, 1.54) is 12.1 Å². The molecule has 1 aromatic carbocycles. The van der Waals surface area contributed by atoms with E-state index in [4.69, 9.17) is 14.7 Å². The van der Waals surface area contributed by atoms with Gasteiger partial charge in [0.2, 0.25) is 0 Å². The number of aryl methyl sites for hydroxylation is 1. The highest BCUT2D eigenvalue weighted by molar-refractivity contribution is 7.60. The second-order valence-electron chi connectivity index (χ2n) is 2.95. The molecule has 0 aromatic heterocycles. The fourth-order valence-corrected chi connectivity index (χ4v) is 2.48. The molecule has 0 aliphatic rings. The van der Waals surface area contributed by atoms with Gasteiger partial charge in [0, 0.05) is 0 Å². The molecule has 0 radical (unpaired) electrons. The van der Waals surface area contributed by atoms with E-state index in [0.29, 0.717) is 0 Å². The summed E-state index contributed by atoms with van der Waals surface area (Å²) in [6.45, 7) is 1.80. The van der Waals surface area contributed by atoms with Gasteiger partial charge in [-0.3, -0.25) is 4.89 Å². The molecule has 1 unspecified atom stereocenters. The molecule has 0 heterocycles. The monoisotopic (exact) mass is 268 g/mol. The van der Waals surface area contributed by atoms with Gasteiger partial charge in [0.1, 0.15) is 5.75 Å². The fourth-order valence-electron chi connectivity index (χ4n) is 0.883. The Kier molecular flexibility index (Phi) is 3.91. The van der Waals surface area contributed by atoms with Crippen LogP contribution in [0, 0.1) is 6.92 Å². The van der Waals surface area contributed by atoms with Gasteiger partial charge in [-0.15, -0.1) is 0 Å². The Hall–Kier alpha value is -0.680. The molecule has 3 N–H and O–H groups in total. The van der Waals surface area contributed by atoms with Gasteiger partial charge >= 0.3 is 15.6 Å². The van der Waals surface area contributed by atoms with Gasteiger partial charge in [0.25, 0.3) is 0 Å². The highest BCUT2D eigenvalue weighted by atomic mass is 31.3. The molecule has 90 valence electrons. The Bertz CT molecular complexity index is 448. The maximum absolute atomic E-state index is 11.1. The largest absolute Gasteiger partial charge is 0.536 e. The number of phosphoric acid groups is 2. The van der Waals surface area contributed by atoms with Gasteiger partial charge in [0.15, 0.2) is 0 Å². The molecule has 9 heteroatoms. The van der Waals surface area contributed by atoms with Crippen LogP contribution in [0.25, 0.3) is 0 Å². The maximum Gasteiger partial charge on any atom is 0.536 e. The summed E-state index contributed by atoms with van der Waals surface area (Å²) in [7, 11) is -9.89. The zero-order valence-corrected chi connectivity index (χ0v) is 9.97. The first-order valence-electron chi connectivity index (χ1n) is 4.04. The first-order chi connectivity index (χ1) is 7.18. The lowest BCUT2D eigenvalue weighted by Gasteiger charge is -2.13. The standard InChI is InChI=1S/C7H10O7P2/c1-6-2-4-7(5-3-6)13-16(11,12)14-15(8,9)10/h2-5H,1H3,(H,11,12)(H2,8,9,10). The van der Waals surface area contributed by atoms with Crippen LogP contribution in [-0.4, -0.2) is 14.7 Å². The highest BCUT2D eigenvalue weighted by Gasteiger charge is 2.33. The lowest BCUT2D eigenvalue weighted by atomic mass is 10.2. The number of phosphoric ester groups is 1. The van der Waals surface area contributed by atoms with Crippen LogP contribution in [0.5, 0.6) is 5.75 Å². The van der Waals surface area contributed by atoms with Crippen molar-refractivity contribution in [1.29, 1.82) is 0 Å². The summed E-state index contributed by atoms with van der Waals surface area (Å²) in [5.41, 5.74) is 0.899. The van der Waals surface area contributed by atoms with Crippen LogP contribution in [0.15, 0.2) is 24.3 Å². The van der Waals surface area contributed by atoms with Crippen molar-refractivity contribution >= 4 is 15.6 Å². The van der Waals surface area contributed by atoms with Crippen molar-refractivity contribution in [2.45, 2.75) is 6.92 Å². The molecule has 0 fully saturated rings. The van der Waals surface area contributed by atoms with Crippen LogP contribution < -0.4 is 4.52 Å². The Morgan fingerprint density at radius 2 is 1.56 bits per heavy atom. The Labute approximate surface area is 91.5 Å². The van der Waals surface area contributed by atoms with Crippen molar-refractivity contribution in [1.82, 2.24) is 0 Å². The normalized spacial score (nSPS) is 15.5. The minimum atomic E-state index is -5.07. The SMILES string of the molecule is Cc1ccc(OP(=O)(O)OP(=O)(O)O)cc1. The number of hydrogen-bond donors (Lipinski definition) is 3. The molecule has 0 aliphatic heterocycles. The van der Waals surface area contributed by atoms with Gasteiger partial charge in [0.05, 0.1) is 0 Å². The number of hydrogen-bond acceptors (Lipinski definition) is 4. The molecule has 16 heavy (non-hydrogen) atoms. The summed E-state index contributed by atoms with van der Waals surface area (Å²) in [5, 5.41) is 0. The lowest BCUT2D eigenvalue weighted by molar-refractivity contribution is 0.229. The van der Waals surface area contributed by atoms with E-state index in [2.05, 4.69) is 8.83 Å². The van der Waals surface area contributed by atoms with Crippen LogP contribution in [-0.2, 0) is 13.4 Å². The second kappa shape index (κ2) is 4.67. The summed E-state index contributed by atoms with van der Waals surface area (Å²) in [6, 6.07) is 5.96. The van der Waals surface area contributed by atoms with Gasteiger partial charge in [-0.2, -0.15) is 4.31 Å². The molecular formula is C7H10O7P2. The molecule has 0 saturated heterocycles. The van der Waals surface area contributed by atoms with Crippen LogP contribution in [0.3, 0.4) is 0 Å². The van der Waals surface area contributed by atoms with E-state index in [-0.39, 0.29) is 5.75 Å². The first-order valence-corrected chi connectivity index (χ1v) is 7.06. The van der Waals surface area contributed by atoms with Crippen molar-refractivity contribution in [2.75, 3.05) is 0 Å². The van der Waals surface area contributed by atoms with Gasteiger partial charge in [-0.1, -0.05) is 17.7 Å². The quantitative estimate of drug-likeness (QED) is 0.710. The predicted octanol–water partition coefficient (Wildman–Crippen LogP) is 1.58. The first kappa shape index (κ1) is 13.4. The van der Waals surface area contributed by atoms with E-state index in [0.717, 1.165) is 5.56 Å². The highest BCUT2D eigenvalue weighted by Crippen LogP contribution is 2.57. The zero-order chi connectivity index (χ0) is 12.4. The van der Waals surface area contributed by atoms with Crippen molar-refractivity contribution in [2.24, 2.45) is 0 Å². The number of benzene rings is 1. The molecule has 0 aliphatic carbocycles. The topological polar surface area (TPSA) is 113 Å². The average Bonchev–Trinajstić information content (AvgIpc) is 2.04. The summed E-state index contributed by atoms with van der Waals surface area (Å²) >= 11 is 0. The van der Waals surface area contributed by atoms with E-state index in [1.54, 1.807) is 19.1 Å². The molecule has 1 rings (SSSR count). The maximum atomic E-state index is 11.1. The molecule has 0 amide bonds. The van der Waals surface area contributed by atoms with Crippen LogP contribution >= 0.6 is 15.6 Å². The van der Waals surface area contributed by atoms with E-state index in [9.17, 15) is 9.13 Å². The molecule has 7 nitrogen and oxygen atoms in total.